The lowest BCUT2D eigenvalue weighted by Crippen LogP contribution is -2.49. The number of carbonyl (C=O) groups is 4. The van der Waals surface area contributed by atoms with Crippen molar-refractivity contribution in [1.29, 1.82) is 0 Å². The van der Waals surface area contributed by atoms with Gasteiger partial charge in [0.15, 0.2) is 0 Å². The molecule has 0 saturated carbocycles. The van der Waals surface area contributed by atoms with Crippen molar-refractivity contribution in [2.75, 3.05) is 7.11 Å². The van der Waals surface area contributed by atoms with E-state index in [4.69, 9.17) is 13.3 Å². The maximum absolute atomic E-state index is 11.5. The van der Waals surface area contributed by atoms with Crippen LogP contribution in [0.4, 0.5) is 0 Å². The van der Waals surface area contributed by atoms with Gasteiger partial charge in [0, 0.05) is 13.8 Å². The number of methoxy groups -OCH3 is 1. The first-order valence-corrected chi connectivity index (χ1v) is 7.35. The predicted octanol–water partition coefficient (Wildman–Crippen LogP) is 0.178. The van der Waals surface area contributed by atoms with E-state index in [0.29, 0.717) is 0 Å². The SMILES string of the molecule is CC[Si](OC(C)=O)(OC(C)=O)OC(=O)CC(=O)OC. The Bertz CT molecular complexity index is 362. The summed E-state index contributed by atoms with van der Waals surface area (Å²) < 4.78 is 18.9. The summed E-state index contributed by atoms with van der Waals surface area (Å²) >= 11 is 0. The monoisotopic (exact) mass is 292 g/mol. The summed E-state index contributed by atoms with van der Waals surface area (Å²) in [7, 11) is -2.69. The summed E-state index contributed by atoms with van der Waals surface area (Å²) in [6.45, 7) is 3.72. The third-order valence-corrected chi connectivity index (χ3v) is 4.42. The number of hydrogen-bond donors (Lipinski definition) is 0. The van der Waals surface area contributed by atoms with Crippen LogP contribution >= 0.6 is 0 Å². The minimum absolute atomic E-state index is 0.0130. The Kier molecular flexibility index (Phi) is 6.76. The van der Waals surface area contributed by atoms with E-state index < -0.39 is 39.1 Å². The molecular weight excluding hydrogens is 276 g/mol. The van der Waals surface area contributed by atoms with Gasteiger partial charge < -0.3 is 18.0 Å². The Hall–Kier alpha value is -1.90. The Labute approximate surface area is 111 Å². The van der Waals surface area contributed by atoms with Gasteiger partial charge in [0.25, 0.3) is 11.9 Å². The van der Waals surface area contributed by atoms with Gasteiger partial charge in [-0.2, -0.15) is 0 Å². The molecule has 0 aromatic carbocycles. The molecular formula is C10H16O8Si. The molecule has 0 aromatic rings. The molecule has 0 heterocycles. The van der Waals surface area contributed by atoms with Gasteiger partial charge in [0.05, 0.1) is 13.2 Å². The highest BCUT2D eigenvalue weighted by Gasteiger charge is 2.50. The van der Waals surface area contributed by atoms with Crippen LogP contribution in [0.25, 0.3) is 0 Å². The molecule has 0 saturated heterocycles. The van der Waals surface area contributed by atoms with E-state index in [1.807, 2.05) is 0 Å². The second-order valence-corrected chi connectivity index (χ2v) is 6.14. The molecule has 0 aliphatic heterocycles. The Morgan fingerprint density at radius 1 is 0.895 bits per heavy atom. The van der Waals surface area contributed by atoms with E-state index in [2.05, 4.69) is 4.74 Å². The summed E-state index contributed by atoms with van der Waals surface area (Å²) in [5, 5.41) is 0. The Morgan fingerprint density at radius 3 is 1.68 bits per heavy atom. The van der Waals surface area contributed by atoms with Gasteiger partial charge >= 0.3 is 20.7 Å². The quantitative estimate of drug-likeness (QED) is 0.388. The number of rotatable bonds is 6. The molecule has 0 atom stereocenters. The second-order valence-electron chi connectivity index (χ2n) is 3.45. The number of esters is 1. The molecule has 8 nitrogen and oxygen atoms in total. The van der Waals surface area contributed by atoms with Crippen molar-refractivity contribution in [2.24, 2.45) is 0 Å². The van der Waals surface area contributed by atoms with E-state index in [9.17, 15) is 19.2 Å². The van der Waals surface area contributed by atoms with Gasteiger partial charge in [0.1, 0.15) is 6.42 Å². The standard InChI is InChI=1S/C10H16O8Si/c1-5-19(16-7(2)11,17-8(3)12)18-10(14)6-9(13)15-4/h5-6H2,1-4H3. The summed E-state index contributed by atoms with van der Waals surface area (Å²) in [5.74, 6) is -3.29. The van der Waals surface area contributed by atoms with E-state index >= 15 is 0 Å². The second kappa shape index (κ2) is 7.51. The summed E-state index contributed by atoms with van der Waals surface area (Å²) in [4.78, 5) is 44.4. The lowest BCUT2D eigenvalue weighted by Gasteiger charge is -2.25. The summed E-state index contributed by atoms with van der Waals surface area (Å²) in [5.41, 5.74) is 0. The van der Waals surface area contributed by atoms with Gasteiger partial charge in [-0.15, -0.1) is 0 Å². The lowest BCUT2D eigenvalue weighted by atomic mass is 10.4. The fourth-order valence-electron chi connectivity index (χ4n) is 1.12. The van der Waals surface area contributed by atoms with Gasteiger partial charge in [0.2, 0.25) is 0 Å². The number of hydrogen-bond acceptors (Lipinski definition) is 8. The van der Waals surface area contributed by atoms with Crippen LogP contribution in [0.1, 0.15) is 27.2 Å². The van der Waals surface area contributed by atoms with Crippen LogP contribution in [0.5, 0.6) is 0 Å². The third kappa shape index (κ3) is 6.55. The first kappa shape index (κ1) is 17.1. The first-order chi connectivity index (χ1) is 8.74. The van der Waals surface area contributed by atoms with Crippen LogP contribution in [-0.2, 0) is 37.2 Å². The van der Waals surface area contributed by atoms with Crippen LogP contribution < -0.4 is 0 Å². The van der Waals surface area contributed by atoms with Crippen LogP contribution in [0.2, 0.25) is 6.04 Å². The van der Waals surface area contributed by atoms with Crippen molar-refractivity contribution in [2.45, 2.75) is 33.2 Å². The maximum atomic E-state index is 11.5. The molecule has 0 bridgehead atoms. The molecule has 0 fully saturated rings. The van der Waals surface area contributed by atoms with Crippen molar-refractivity contribution >= 4 is 32.7 Å². The topological polar surface area (TPSA) is 105 Å². The van der Waals surface area contributed by atoms with Gasteiger partial charge in [-0.25, -0.2) is 0 Å². The average Bonchev–Trinajstić information content (AvgIpc) is 2.26. The molecule has 9 heteroatoms. The van der Waals surface area contributed by atoms with Crippen LogP contribution in [0.15, 0.2) is 0 Å². The lowest BCUT2D eigenvalue weighted by molar-refractivity contribution is -0.152. The molecule has 0 aromatic heterocycles. The molecule has 0 aliphatic rings. The van der Waals surface area contributed by atoms with E-state index in [0.717, 1.165) is 21.0 Å². The molecule has 19 heavy (non-hydrogen) atoms. The van der Waals surface area contributed by atoms with Crippen molar-refractivity contribution < 1.29 is 37.2 Å². The maximum Gasteiger partial charge on any atom is 0.704 e. The Balaban J connectivity index is 4.91. The zero-order valence-corrected chi connectivity index (χ0v) is 12.2. The van der Waals surface area contributed by atoms with Crippen molar-refractivity contribution in [3.05, 3.63) is 0 Å². The molecule has 0 aliphatic carbocycles. The zero-order chi connectivity index (χ0) is 15.1. The minimum Gasteiger partial charge on any atom is -0.469 e. The van der Waals surface area contributed by atoms with Gasteiger partial charge in [-0.1, -0.05) is 6.92 Å². The molecule has 0 radical (unpaired) electrons. The fraction of sp³-hybridized carbons (Fsp3) is 0.600. The van der Waals surface area contributed by atoms with E-state index in [1.165, 1.54) is 6.92 Å². The van der Waals surface area contributed by atoms with E-state index in [-0.39, 0.29) is 6.04 Å². The fourth-order valence-corrected chi connectivity index (χ4v) is 2.97. The molecule has 0 rings (SSSR count). The molecule has 0 amide bonds. The largest absolute Gasteiger partial charge is 0.704 e. The van der Waals surface area contributed by atoms with Crippen molar-refractivity contribution in [3.8, 4) is 0 Å². The highest BCUT2D eigenvalue weighted by molar-refractivity contribution is 6.65. The van der Waals surface area contributed by atoms with Crippen molar-refractivity contribution in [1.82, 2.24) is 0 Å². The normalized spacial score (nSPS) is 10.3. The zero-order valence-electron chi connectivity index (χ0n) is 11.2. The van der Waals surface area contributed by atoms with Gasteiger partial charge in [-0.3, -0.25) is 19.2 Å². The minimum atomic E-state index is -3.79. The third-order valence-electron chi connectivity index (χ3n) is 1.82. The molecule has 108 valence electrons. The van der Waals surface area contributed by atoms with Crippen LogP contribution in [0, 0.1) is 0 Å². The smallest absolute Gasteiger partial charge is 0.469 e. The molecule has 0 unspecified atom stereocenters. The summed E-state index contributed by atoms with van der Waals surface area (Å²) in [6, 6.07) is 0.0130. The Morgan fingerprint density at radius 2 is 1.37 bits per heavy atom. The highest BCUT2D eigenvalue weighted by Crippen LogP contribution is 2.17. The van der Waals surface area contributed by atoms with Gasteiger partial charge in [-0.05, 0) is 0 Å². The predicted molar refractivity (Wildman–Crippen MR) is 62.5 cm³/mol. The first-order valence-electron chi connectivity index (χ1n) is 5.42. The van der Waals surface area contributed by atoms with Crippen molar-refractivity contribution in [3.63, 3.8) is 0 Å². The average molecular weight is 292 g/mol. The van der Waals surface area contributed by atoms with E-state index in [1.54, 1.807) is 0 Å². The number of ether oxygens (including phenoxy) is 1. The number of carbonyl (C=O) groups excluding carboxylic acids is 4. The molecule has 0 N–H and O–H groups in total. The van der Waals surface area contributed by atoms with Crippen LogP contribution in [0.3, 0.4) is 0 Å². The highest BCUT2D eigenvalue weighted by atomic mass is 28.4. The molecule has 0 spiro atoms. The summed E-state index contributed by atoms with van der Waals surface area (Å²) in [6.07, 6.45) is -0.659. The van der Waals surface area contributed by atoms with Crippen LogP contribution in [-0.4, -0.2) is 39.8 Å².